The van der Waals surface area contributed by atoms with E-state index < -0.39 is 0 Å². The molecule has 0 aliphatic carbocycles. The number of rotatable bonds is 1. The van der Waals surface area contributed by atoms with Crippen molar-refractivity contribution in [1.29, 1.82) is 0 Å². The lowest BCUT2D eigenvalue weighted by molar-refractivity contribution is 0.106. The Labute approximate surface area is 82.5 Å². The first kappa shape index (κ1) is 8.99. The third kappa shape index (κ3) is 1.55. The molecule has 1 aromatic rings. The minimum Gasteiger partial charge on any atom is -0.450 e. The monoisotopic (exact) mass is 192 g/mol. The second kappa shape index (κ2) is 3.65. The third-order valence-electron chi connectivity index (χ3n) is 2.21. The van der Waals surface area contributed by atoms with Gasteiger partial charge in [0.15, 0.2) is 0 Å². The van der Waals surface area contributed by atoms with E-state index in [-0.39, 0.29) is 6.09 Å². The van der Waals surface area contributed by atoms with Gasteiger partial charge in [0.05, 0.1) is 25.4 Å². The van der Waals surface area contributed by atoms with Crippen LogP contribution < -0.4 is 0 Å². The molecule has 0 unspecified atom stereocenters. The number of hydrogen-bond donors (Lipinski definition) is 0. The summed E-state index contributed by atoms with van der Waals surface area (Å²) in [5, 5.41) is 0. The highest BCUT2D eigenvalue weighted by Crippen LogP contribution is 2.20. The summed E-state index contributed by atoms with van der Waals surface area (Å²) in [6, 6.07) is 3.87. The molecule has 1 amide bonds. The predicted octanol–water partition coefficient (Wildman–Crippen LogP) is 1.55. The van der Waals surface area contributed by atoms with Crippen LogP contribution in [0.1, 0.15) is 18.2 Å². The van der Waals surface area contributed by atoms with Gasteiger partial charge in [0.25, 0.3) is 0 Å². The van der Waals surface area contributed by atoms with Crippen LogP contribution in [0.4, 0.5) is 4.79 Å². The molecule has 0 aromatic carbocycles. The molecule has 0 fully saturated rings. The van der Waals surface area contributed by atoms with Crippen molar-refractivity contribution in [2.24, 2.45) is 0 Å². The van der Waals surface area contributed by atoms with Crippen LogP contribution in [0.25, 0.3) is 0 Å². The Morgan fingerprint density at radius 2 is 2.50 bits per heavy atom. The van der Waals surface area contributed by atoms with E-state index in [1.54, 1.807) is 18.0 Å². The smallest absolute Gasteiger partial charge is 0.410 e. The molecule has 0 saturated heterocycles. The molecule has 1 aromatic heterocycles. The van der Waals surface area contributed by atoms with Gasteiger partial charge in [-0.1, -0.05) is 6.07 Å². The summed E-state index contributed by atoms with van der Waals surface area (Å²) < 4.78 is 4.92. The number of pyridine rings is 1. The highest BCUT2D eigenvalue weighted by molar-refractivity contribution is 5.68. The summed E-state index contributed by atoms with van der Waals surface area (Å²) in [7, 11) is 0. The van der Waals surface area contributed by atoms with Crippen LogP contribution in [0.5, 0.6) is 0 Å². The number of aromatic nitrogens is 1. The zero-order chi connectivity index (χ0) is 9.97. The summed E-state index contributed by atoms with van der Waals surface area (Å²) in [6.07, 6.45) is 1.48. The standard InChI is InChI=1S/C10H12N2O2/c1-2-14-10(13)12-6-8-4-3-5-11-9(8)7-12/h3-5H,2,6-7H2,1H3. The summed E-state index contributed by atoms with van der Waals surface area (Å²) >= 11 is 0. The van der Waals surface area contributed by atoms with E-state index in [9.17, 15) is 4.79 Å². The molecule has 14 heavy (non-hydrogen) atoms. The maximum atomic E-state index is 11.4. The second-order valence-electron chi connectivity index (χ2n) is 3.16. The van der Waals surface area contributed by atoms with Crippen LogP contribution in [0.3, 0.4) is 0 Å². The summed E-state index contributed by atoms with van der Waals surface area (Å²) in [5.41, 5.74) is 2.08. The molecule has 4 heteroatoms. The molecule has 2 heterocycles. The first-order chi connectivity index (χ1) is 6.81. The highest BCUT2D eigenvalue weighted by atomic mass is 16.6. The quantitative estimate of drug-likeness (QED) is 0.678. The average Bonchev–Trinajstić information content (AvgIpc) is 2.61. The van der Waals surface area contributed by atoms with Gasteiger partial charge in [0, 0.05) is 6.20 Å². The van der Waals surface area contributed by atoms with Crippen molar-refractivity contribution in [3.8, 4) is 0 Å². The normalized spacial score (nSPS) is 13.9. The summed E-state index contributed by atoms with van der Waals surface area (Å²) in [5.74, 6) is 0. The summed E-state index contributed by atoms with van der Waals surface area (Å²) in [4.78, 5) is 17.2. The van der Waals surface area contributed by atoms with Crippen molar-refractivity contribution >= 4 is 6.09 Å². The van der Waals surface area contributed by atoms with Gasteiger partial charge in [-0.3, -0.25) is 9.88 Å². The van der Waals surface area contributed by atoms with Crippen molar-refractivity contribution in [2.75, 3.05) is 6.61 Å². The Kier molecular flexibility index (Phi) is 2.35. The number of fused-ring (bicyclic) bond motifs is 1. The minimum absolute atomic E-state index is 0.259. The number of nitrogens with zero attached hydrogens (tertiary/aromatic N) is 2. The maximum absolute atomic E-state index is 11.4. The molecular formula is C10H12N2O2. The minimum atomic E-state index is -0.259. The lowest BCUT2D eigenvalue weighted by atomic mass is 10.2. The fourth-order valence-electron chi connectivity index (χ4n) is 1.54. The van der Waals surface area contributed by atoms with E-state index >= 15 is 0 Å². The zero-order valence-corrected chi connectivity index (χ0v) is 8.06. The molecule has 1 aliphatic rings. The average molecular weight is 192 g/mol. The van der Waals surface area contributed by atoms with Crippen LogP contribution in [-0.2, 0) is 17.8 Å². The number of hydrogen-bond acceptors (Lipinski definition) is 3. The number of carbonyl (C=O) groups excluding carboxylic acids is 1. The van der Waals surface area contributed by atoms with Gasteiger partial charge in [-0.25, -0.2) is 4.79 Å². The van der Waals surface area contributed by atoms with Gasteiger partial charge in [-0.2, -0.15) is 0 Å². The van der Waals surface area contributed by atoms with E-state index in [2.05, 4.69) is 4.98 Å². The van der Waals surface area contributed by atoms with Gasteiger partial charge < -0.3 is 4.74 Å². The van der Waals surface area contributed by atoms with Crippen molar-refractivity contribution in [2.45, 2.75) is 20.0 Å². The molecule has 4 nitrogen and oxygen atoms in total. The molecule has 0 radical (unpaired) electrons. The van der Waals surface area contributed by atoms with Crippen LogP contribution in [0.2, 0.25) is 0 Å². The first-order valence-electron chi connectivity index (χ1n) is 4.65. The molecule has 1 aliphatic heterocycles. The van der Waals surface area contributed by atoms with Crippen LogP contribution in [-0.4, -0.2) is 22.6 Å². The predicted molar refractivity (Wildman–Crippen MR) is 50.5 cm³/mol. The Morgan fingerprint density at radius 3 is 3.21 bits per heavy atom. The fraction of sp³-hybridized carbons (Fsp3) is 0.400. The molecule has 0 bridgehead atoms. The van der Waals surface area contributed by atoms with Gasteiger partial charge in [0.1, 0.15) is 0 Å². The van der Waals surface area contributed by atoms with Crippen LogP contribution in [0.15, 0.2) is 18.3 Å². The molecule has 74 valence electrons. The number of amides is 1. The molecule has 0 atom stereocenters. The Hall–Kier alpha value is -1.58. The molecular weight excluding hydrogens is 180 g/mol. The Morgan fingerprint density at radius 1 is 1.64 bits per heavy atom. The van der Waals surface area contributed by atoms with E-state index in [1.807, 2.05) is 12.1 Å². The number of carbonyl (C=O) groups is 1. The van der Waals surface area contributed by atoms with E-state index in [4.69, 9.17) is 4.74 Å². The van der Waals surface area contributed by atoms with Gasteiger partial charge >= 0.3 is 6.09 Å². The van der Waals surface area contributed by atoms with Crippen LogP contribution in [0, 0.1) is 0 Å². The third-order valence-corrected chi connectivity index (χ3v) is 2.21. The zero-order valence-electron chi connectivity index (χ0n) is 8.06. The Bertz CT molecular complexity index is 327. The summed E-state index contributed by atoms with van der Waals surface area (Å²) in [6.45, 7) is 3.40. The largest absolute Gasteiger partial charge is 0.450 e. The molecule has 2 rings (SSSR count). The second-order valence-corrected chi connectivity index (χ2v) is 3.16. The lowest BCUT2D eigenvalue weighted by Crippen LogP contribution is -2.26. The van der Waals surface area contributed by atoms with E-state index in [1.165, 1.54) is 0 Å². The van der Waals surface area contributed by atoms with E-state index in [0.717, 1.165) is 11.3 Å². The molecule has 0 N–H and O–H groups in total. The van der Waals surface area contributed by atoms with Gasteiger partial charge in [0.2, 0.25) is 0 Å². The SMILES string of the molecule is CCOC(=O)N1Cc2cccnc2C1. The molecule has 0 spiro atoms. The lowest BCUT2D eigenvalue weighted by Gasteiger charge is -2.13. The molecule has 0 saturated carbocycles. The van der Waals surface area contributed by atoms with Crippen molar-refractivity contribution < 1.29 is 9.53 Å². The fourth-order valence-corrected chi connectivity index (χ4v) is 1.54. The van der Waals surface area contributed by atoms with E-state index in [0.29, 0.717) is 19.7 Å². The first-order valence-corrected chi connectivity index (χ1v) is 4.65. The Balaban J connectivity index is 2.08. The maximum Gasteiger partial charge on any atom is 0.410 e. The van der Waals surface area contributed by atoms with Gasteiger partial charge in [-0.15, -0.1) is 0 Å². The van der Waals surface area contributed by atoms with Crippen molar-refractivity contribution in [3.05, 3.63) is 29.6 Å². The van der Waals surface area contributed by atoms with Crippen molar-refractivity contribution in [3.63, 3.8) is 0 Å². The topological polar surface area (TPSA) is 42.4 Å². The highest BCUT2D eigenvalue weighted by Gasteiger charge is 2.24. The van der Waals surface area contributed by atoms with Gasteiger partial charge in [-0.05, 0) is 18.6 Å². The van der Waals surface area contributed by atoms with Crippen molar-refractivity contribution in [1.82, 2.24) is 9.88 Å². The number of ether oxygens (including phenoxy) is 1. The van der Waals surface area contributed by atoms with Crippen LogP contribution >= 0.6 is 0 Å².